The fourth-order valence-electron chi connectivity index (χ4n) is 4.39. The molecule has 9 heteroatoms. The lowest BCUT2D eigenvalue weighted by Gasteiger charge is -2.26. The molecule has 0 bridgehead atoms. The summed E-state index contributed by atoms with van der Waals surface area (Å²) in [5.74, 6) is 0.198. The zero-order valence-corrected chi connectivity index (χ0v) is 23.6. The lowest BCUT2D eigenvalue weighted by atomic mass is 9.95. The predicted molar refractivity (Wildman–Crippen MR) is 149 cm³/mol. The normalized spacial score (nSPS) is 15.3. The van der Waals surface area contributed by atoms with Crippen LogP contribution in [0.2, 0.25) is 0 Å². The van der Waals surface area contributed by atoms with Crippen LogP contribution >= 0.6 is 11.3 Å². The minimum absolute atomic E-state index is 0.281. The third kappa shape index (κ3) is 6.30. The van der Waals surface area contributed by atoms with Crippen LogP contribution in [0.15, 0.2) is 63.5 Å². The molecule has 7 nitrogen and oxygen atoms in total. The van der Waals surface area contributed by atoms with Crippen molar-refractivity contribution in [2.45, 2.75) is 59.1 Å². The molecule has 39 heavy (non-hydrogen) atoms. The van der Waals surface area contributed by atoms with Gasteiger partial charge in [-0.3, -0.25) is 9.36 Å². The summed E-state index contributed by atoms with van der Waals surface area (Å²) in [5, 5.41) is 0. The smallest absolute Gasteiger partial charge is 0.338 e. The summed E-state index contributed by atoms with van der Waals surface area (Å²) >= 11 is 1.21. The van der Waals surface area contributed by atoms with Gasteiger partial charge in [0.05, 0.1) is 41.7 Å². The van der Waals surface area contributed by atoms with Gasteiger partial charge in [-0.1, -0.05) is 49.3 Å². The number of hydrogen-bond donors (Lipinski definition) is 0. The van der Waals surface area contributed by atoms with Gasteiger partial charge in [-0.2, -0.15) is 0 Å². The van der Waals surface area contributed by atoms with E-state index in [9.17, 15) is 14.0 Å². The molecule has 0 aliphatic carbocycles. The van der Waals surface area contributed by atoms with Crippen molar-refractivity contribution in [1.29, 1.82) is 0 Å². The van der Waals surface area contributed by atoms with Gasteiger partial charge in [0, 0.05) is 0 Å². The quantitative estimate of drug-likeness (QED) is 0.264. The second kappa shape index (κ2) is 12.4. The number of aromatic nitrogens is 1. The molecule has 3 aromatic rings. The van der Waals surface area contributed by atoms with Gasteiger partial charge in [-0.25, -0.2) is 14.2 Å². The second-order valence-corrected chi connectivity index (χ2v) is 10.6. The van der Waals surface area contributed by atoms with Crippen molar-refractivity contribution in [2.24, 2.45) is 4.99 Å². The molecule has 1 aliphatic rings. The van der Waals surface area contributed by atoms with Crippen molar-refractivity contribution in [1.82, 2.24) is 4.57 Å². The summed E-state index contributed by atoms with van der Waals surface area (Å²) < 4.78 is 32.5. The summed E-state index contributed by atoms with van der Waals surface area (Å²) in [6.45, 7) is 7.98. The monoisotopic (exact) mass is 552 g/mol. The molecule has 2 heterocycles. The highest BCUT2D eigenvalue weighted by molar-refractivity contribution is 7.07. The van der Waals surface area contributed by atoms with Gasteiger partial charge >= 0.3 is 5.97 Å². The van der Waals surface area contributed by atoms with E-state index in [4.69, 9.17) is 14.2 Å². The van der Waals surface area contributed by atoms with Crippen molar-refractivity contribution in [2.75, 3.05) is 13.7 Å². The molecule has 1 unspecified atom stereocenters. The van der Waals surface area contributed by atoms with E-state index in [1.165, 1.54) is 28.0 Å². The van der Waals surface area contributed by atoms with Gasteiger partial charge in [0.15, 0.2) is 16.3 Å². The first-order valence-electron chi connectivity index (χ1n) is 13.0. The van der Waals surface area contributed by atoms with Crippen molar-refractivity contribution in [3.63, 3.8) is 0 Å². The second-order valence-electron chi connectivity index (χ2n) is 9.55. The number of allylic oxidation sites excluding steroid dienone is 1. The Balaban J connectivity index is 1.85. The van der Waals surface area contributed by atoms with E-state index in [2.05, 4.69) is 11.9 Å². The molecule has 0 radical (unpaired) electrons. The third-order valence-electron chi connectivity index (χ3n) is 6.26. The Kier molecular flexibility index (Phi) is 9.01. The van der Waals surface area contributed by atoms with Crippen LogP contribution in [0.25, 0.3) is 6.08 Å². The highest BCUT2D eigenvalue weighted by atomic mass is 32.1. The molecule has 206 valence electrons. The number of esters is 1. The van der Waals surface area contributed by atoms with E-state index in [0.717, 1.165) is 19.3 Å². The summed E-state index contributed by atoms with van der Waals surface area (Å²) in [4.78, 5) is 32.2. The maximum absolute atomic E-state index is 13.8. The molecule has 1 atom stereocenters. The fourth-order valence-corrected chi connectivity index (χ4v) is 5.44. The van der Waals surface area contributed by atoms with Crippen LogP contribution in [0.3, 0.4) is 0 Å². The molecule has 1 aromatic heterocycles. The lowest BCUT2D eigenvalue weighted by Crippen LogP contribution is -2.40. The van der Waals surface area contributed by atoms with E-state index in [1.807, 2.05) is 6.07 Å². The van der Waals surface area contributed by atoms with Gasteiger partial charge in [-0.15, -0.1) is 0 Å². The number of nitrogens with zero attached hydrogens (tertiary/aromatic N) is 2. The van der Waals surface area contributed by atoms with Crippen LogP contribution in [0.5, 0.6) is 11.5 Å². The molecule has 0 amide bonds. The van der Waals surface area contributed by atoms with E-state index >= 15 is 0 Å². The van der Waals surface area contributed by atoms with Crippen LogP contribution in [0, 0.1) is 5.82 Å². The van der Waals surface area contributed by atoms with Gasteiger partial charge < -0.3 is 14.2 Å². The molecular formula is C30H33FN2O5S. The molecular weight excluding hydrogens is 519 g/mol. The highest BCUT2D eigenvalue weighted by Gasteiger charge is 2.34. The van der Waals surface area contributed by atoms with Crippen LogP contribution in [-0.2, 0) is 9.53 Å². The lowest BCUT2D eigenvalue weighted by molar-refractivity contribution is -0.143. The number of carbonyl (C=O) groups excluding carboxylic acids is 1. The molecule has 0 N–H and O–H groups in total. The molecule has 0 fully saturated rings. The Morgan fingerprint density at radius 1 is 1.15 bits per heavy atom. The highest BCUT2D eigenvalue weighted by Crippen LogP contribution is 2.36. The molecule has 0 saturated heterocycles. The first-order chi connectivity index (χ1) is 18.7. The zero-order valence-electron chi connectivity index (χ0n) is 22.8. The maximum Gasteiger partial charge on any atom is 0.338 e. The van der Waals surface area contributed by atoms with Crippen molar-refractivity contribution in [3.8, 4) is 11.5 Å². The molecule has 4 rings (SSSR count). The summed E-state index contributed by atoms with van der Waals surface area (Å²) in [6.07, 6.45) is 4.43. The Morgan fingerprint density at radius 2 is 1.90 bits per heavy atom. The number of benzene rings is 2. The number of methoxy groups -OCH3 is 1. The number of fused-ring (bicyclic) bond motifs is 1. The van der Waals surface area contributed by atoms with Gasteiger partial charge in [-0.05, 0) is 68.7 Å². The van der Waals surface area contributed by atoms with Crippen molar-refractivity contribution in [3.05, 3.63) is 90.4 Å². The fraction of sp³-hybridized carbons (Fsp3) is 0.367. The van der Waals surface area contributed by atoms with Crippen LogP contribution in [0.4, 0.5) is 4.39 Å². The van der Waals surface area contributed by atoms with Crippen LogP contribution < -0.4 is 24.4 Å². The Morgan fingerprint density at radius 3 is 2.56 bits per heavy atom. The van der Waals surface area contributed by atoms with E-state index in [1.54, 1.807) is 58.2 Å². The standard InChI is InChI=1S/C30H33FN2O5S/c1-6-7-8-15-37-23-14-11-21(17-24(23)36-5)27-26(29(35)38-18(2)3)19(4)32-30-33(27)28(34)25(39-30)16-20-9-12-22(31)13-10-20/h9-14,16-18,27H,6-8,15H2,1-5H3/b25-16-. The first kappa shape index (κ1) is 28.3. The number of hydrogen-bond acceptors (Lipinski definition) is 7. The number of carbonyl (C=O) groups is 1. The third-order valence-corrected chi connectivity index (χ3v) is 7.24. The largest absolute Gasteiger partial charge is 0.493 e. The van der Waals surface area contributed by atoms with Gasteiger partial charge in [0.25, 0.3) is 5.56 Å². The number of unbranched alkanes of at least 4 members (excludes halogenated alkanes) is 2. The van der Waals surface area contributed by atoms with Crippen molar-refractivity contribution >= 4 is 23.4 Å². The van der Waals surface area contributed by atoms with E-state index in [0.29, 0.717) is 44.3 Å². The Hall–Kier alpha value is -3.72. The molecule has 2 aromatic carbocycles. The van der Waals surface area contributed by atoms with E-state index < -0.39 is 12.0 Å². The number of thiazole rings is 1. The Bertz CT molecular complexity index is 1550. The first-order valence-corrected chi connectivity index (χ1v) is 13.8. The average Bonchev–Trinajstić information content (AvgIpc) is 3.20. The number of ether oxygens (including phenoxy) is 3. The topological polar surface area (TPSA) is 79.1 Å². The maximum atomic E-state index is 13.8. The van der Waals surface area contributed by atoms with Gasteiger partial charge in [0.1, 0.15) is 5.82 Å². The summed E-state index contributed by atoms with van der Waals surface area (Å²) in [5.41, 5.74) is 1.78. The molecule has 0 spiro atoms. The number of rotatable bonds is 10. The SMILES string of the molecule is CCCCCOc1ccc(C2C(C(=O)OC(C)C)=C(C)N=c3s/c(=C\c4ccc(F)cc4)c(=O)n32)cc1OC. The Labute approximate surface area is 230 Å². The number of halogens is 1. The predicted octanol–water partition coefficient (Wildman–Crippen LogP) is 4.90. The van der Waals surface area contributed by atoms with Crippen LogP contribution in [0.1, 0.15) is 64.1 Å². The zero-order chi connectivity index (χ0) is 28.1. The van der Waals surface area contributed by atoms with Crippen LogP contribution in [-0.4, -0.2) is 30.4 Å². The minimum atomic E-state index is -0.786. The minimum Gasteiger partial charge on any atom is -0.493 e. The summed E-state index contributed by atoms with van der Waals surface area (Å²) in [7, 11) is 1.56. The van der Waals surface area contributed by atoms with E-state index in [-0.39, 0.29) is 23.1 Å². The molecule has 1 aliphatic heterocycles. The summed E-state index contributed by atoms with van der Waals surface area (Å²) in [6, 6.07) is 10.5. The average molecular weight is 553 g/mol. The molecule has 0 saturated carbocycles. The van der Waals surface area contributed by atoms with Gasteiger partial charge in [0.2, 0.25) is 0 Å². The van der Waals surface area contributed by atoms with Crippen molar-refractivity contribution < 1.29 is 23.4 Å².